The van der Waals surface area contributed by atoms with Crippen molar-refractivity contribution in [2.45, 2.75) is 51.7 Å². The fraction of sp³-hybridized carbons (Fsp3) is 1.00. The Morgan fingerprint density at radius 2 is 1.77 bits per heavy atom. The minimum Gasteiger partial charge on any atom is -0.316 e. The zero-order chi connectivity index (χ0) is 10.0. The maximum Gasteiger partial charge on any atom is 0.0218 e. The van der Waals surface area contributed by atoms with Crippen LogP contribution in [0.1, 0.15) is 33.6 Å². The Hall–Kier alpha value is -0.0800. The van der Waals surface area contributed by atoms with Crippen LogP contribution in [0.2, 0.25) is 0 Å². The first kappa shape index (κ1) is 11.0. The Kier molecular flexibility index (Phi) is 3.74. The van der Waals surface area contributed by atoms with Crippen molar-refractivity contribution < 1.29 is 0 Å². The molecule has 0 aromatic carbocycles. The summed E-state index contributed by atoms with van der Waals surface area (Å²) in [5.74, 6) is 0.969. The molecule has 13 heavy (non-hydrogen) atoms. The number of rotatable bonds is 5. The zero-order valence-corrected chi connectivity index (χ0v) is 9.67. The predicted molar refractivity (Wildman–Crippen MR) is 57.9 cm³/mol. The second kappa shape index (κ2) is 4.43. The van der Waals surface area contributed by atoms with Crippen LogP contribution in [0.15, 0.2) is 0 Å². The van der Waals surface area contributed by atoms with E-state index in [-0.39, 0.29) is 0 Å². The van der Waals surface area contributed by atoms with E-state index in [1.165, 1.54) is 12.8 Å². The van der Waals surface area contributed by atoms with Gasteiger partial charge in [0.15, 0.2) is 0 Å². The molecular weight excluding hydrogens is 160 g/mol. The quantitative estimate of drug-likeness (QED) is 0.700. The molecule has 0 bridgehead atoms. The Labute approximate surface area is 82.7 Å². The van der Waals surface area contributed by atoms with Gasteiger partial charge in [-0.05, 0) is 53.6 Å². The van der Waals surface area contributed by atoms with Gasteiger partial charge in [-0.25, -0.2) is 0 Å². The molecule has 0 heterocycles. The minimum atomic E-state index is 0.575. The fourth-order valence-corrected chi connectivity index (χ4v) is 1.88. The molecule has 0 spiro atoms. The van der Waals surface area contributed by atoms with Crippen LogP contribution in [0.4, 0.5) is 0 Å². The van der Waals surface area contributed by atoms with Gasteiger partial charge >= 0.3 is 0 Å². The molecule has 78 valence electrons. The van der Waals surface area contributed by atoms with E-state index in [1.807, 2.05) is 7.05 Å². The monoisotopic (exact) mass is 184 g/mol. The van der Waals surface area contributed by atoms with Gasteiger partial charge in [0.25, 0.3) is 0 Å². The van der Waals surface area contributed by atoms with Gasteiger partial charge in [-0.3, -0.25) is 4.90 Å². The molecule has 1 aliphatic rings. The van der Waals surface area contributed by atoms with Crippen molar-refractivity contribution in [1.29, 1.82) is 0 Å². The number of nitrogens with zero attached hydrogens (tertiary/aromatic N) is 1. The summed E-state index contributed by atoms with van der Waals surface area (Å²) in [5, 5.41) is 3.32. The maximum atomic E-state index is 3.32. The molecule has 1 saturated carbocycles. The van der Waals surface area contributed by atoms with Gasteiger partial charge in [0.2, 0.25) is 0 Å². The lowest BCUT2D eigenvalue weighted by Crippen LogP contribution is -2.48. The molecule has 0 saturated heterocycles. The van der Waals surface area contributed by atoms with Gasteiger partial charge in [0.1, 0.15) is 0 Å². The first-order valence-corrected chi connectivity index (χ1v) is 5.47. The minimum absolute atomic E-state index is 0.575. The van der Waals surface area contributed by atoms with Crippen LogP contribution < -0.4 is 5.32 Å². The Morgan fingerprint density at radius 1 is 1.23 bits per heavy atom. The molecule has 1 fully saturated rings. The Morgan fingerprint density at radius 3 is 2.15 bits per heavy atom. The van der Waals surface area contributed by atoms with Crippen LogP contribution in [-0.2, 0) is 0 Å². The van der Waals surface area contributed by atoms with Crippen LogP contribution in [0.25, 0.3) is 0 Å². The largest absolute Gasteiger partial charge is 0.316 e. The third-order valence-electron chi connectivity index (χ3n) is 3.77. The average Bonchev–Trinajstić information content (AvgIpc) is 2.96. The van der Waals surface area contributed by atoms with Gasteiger partial charge in [-0.1, -0.05) is 0 Å². The summed E-state index contributed by atoms with van der Waals surface area (Å²) in [7, 11) is 4.29. The molecule has 1 aliphatic carbocycles. The number of nitrogens with one attached hydrogen (secondary N) is 1. The van der Waals surface area contributed by atoms with Crippen LogP contribution in [0, 0.1) is 5.92 Å². The van der Waals surface area contributed by atoms with E-state index in [4.69, 9.17) is 0 Å². The highest BCUT2D eigenvalue weighted by molar-refractivity contribution is 4.87. The molecule has 1 rings (SSSR count). The molecule has 0 amide bonds. The molecule has 3 unspecified atom stereocenters. The number of likely N-dealkylation sites (N-methyl/N-ethyl adjacent to an activating group) is 2. The molecule has 0 aromatic heterocycles. The average molecular weight is 184 g/mol. The van der Waals surface area contributed by atoms with Crippen molar-refractivity contribution in [3.05, 3.63) is 0 Å². The van der Waals surface area contributed by atoms with Crippen molar-refractivity contribution in [2.75, 3.05) is 14.1 Å². The summed E-state index contributed by atoms with van der Waals surface area (Å²) in [5.41, 5.74) is 0. The summed E-state index contributed by atoms with van der Waals surface area (Å²) in [6, 6.07) is 1.96. The number of hydrogen-bond donors (Lipinski definition) is 1. The predicted octanol–water partition coefficient (Wildman–Crippen LogP) is 1.71. The molecule has 0 aromatic rings. The summed E-state index contributed by atoms with van der Waals surface area (Å²) >= 11 is 0. The second-order valence-electron chi connectivity index (χ2n) is 4.56. The highest BCUT2D eigenvalue weighted by Gasteiger charge is 2.32. The van der Waals surface area contributed by atoms with Gasteiger partial charge < -0.3 is 5.32 Å². The van der Waals surface area contributed by atoms with E-state index < -0.39 is 0 Å². The van der Waals surface area contributed by atoms with Crippen molar-refractivity contribution in [2.24, 2.45) is 5.92 Å². The summed E-state index contributed by atoms with van der Waals surface area (Å²) in [6.07, 6.45) is 2.87. The van der Waals surface area contributed by atoms with Crippen molar-refractivity contribution in [3.63, 3.8) is 0 Å². The first-order chi connectivity index (χ1) is 6.07. The highest BCUT2D eigenvalue weighted by Crippen LogP contribution is 2.35. The SMILES string of the molecule is CNC(C)C(C)N(C)C(C)C1CC1. The summed E-state index contributed by atoms with van der Waals surface area (Å²) in [4.78, 5) is 2.51. The van der Waals surface area contributed by atoms with Crippen molar-refractivity contribution >= 4 is 0 Å². The van der Waals surface area contributed by atoms with Crippen molar-refractivity contribution in [3.8, 4) is 0 Å². The van der Waals surface area contributed by atoms with Crippen LogP contribution >= 0.6 is 0 Å². The van der Waals surface area contributed by atoms with Gasteiger partial charge in [0.05, 0.1) is 0 Å². The third-order valence-corrected chi connectivity index (χ3v) is 3.77. The van der Waals surface area contributed by atoms with Crippen LogP contribution in [0.3, 0.4) is 0 Å². The lowest BCUT2D eigenvalue weighted by Gasteiger charge is -2.34. The zero-order valence-electron chi connectivity index (χ0n) is 9.67. The molecule has 1 N–H and O–H groups in total. The fourth-order valence-electron chi connectivity index (χ4n) is 1.88. The van der Waals surface area contributed by atoms with E-state index >= 15 is 0 Å². The Bertz CT molecular complexity index is 154. The van der Waals surface area contributed by atoms with E-state index in [1.54, 1.807) is 0 Å². The third kappa shape index (κ3) is 2.68. The van der Waals surface area contributed by atoms with Crippen LogP contribution in [0.5, 0.6) is 0 Å². The van der Waals surface area contributed by atoms with E-state index in [2.05, 4.69) is 38.0 Å². The van der Waals surface area contributed by atoms with Gasteiger partial charge in [-0.15, -0.1) is 0 Å². The smallest absolute Gasteiger partial charge is 0.0218 e. The topological polar surface area (TPSA) is 15.3 Å². The molecule has 0 aliphatic heterocycles. The van der Waals surface area contributed by atoms with E-state index in [9.17, 15) is 0 Å². The molecular formula is C11H24N2. The standard InChI is InChI=1S/C11H24N2/c1-8(12-4)9(2)13(5)10(3)11-6-7-11/h8-12H,6-7H2,1-5H3. The lowest BCUT2D eigenvalue weighted by atomic mass is 10.1. The second-order valence-corrected chi connectivity index (χ2v) is 4.56. The van der Waals surface area contributed by atoms with Gasteiger partial charge in [0, 0.05) is 18.1 Å². The normalized spacial score (nSPS) is 24.5. The Balaban J connectivity index is 2.39. The van der Waals surface area contributed by atoms with Crippen LogP contribution in [-0.4, -0.2) is 37.1 Å². The van der Waals surface area contributed by atoms with Crippen molar-refractivity contribution in [1.82, 2.24) is 10.2 Å². The van der Waals surface area contributed by atoms with Gasteiger partial charge in [-0.2, -0.15) is 0 Å². The molecule has 0 radical (unpaired) electrons. The first-order valence-electron chi connectivity index (χ1n) is 5.47. The summed E-state index contributed by atoms with van der Waals surface area (Å²) < 4.78 is 0. The summed E-state index contributed by atoms with van der Waals surface area (Å²) in [6.45, 7) is 6.91. The molecule has 2 heteroatoms. The maximum absolute atomic E-state index is 3.32. The lowest BCUT2D eigenvalue weighted by molar-refractivity contribution is 0.152. The molecule has 2 nitrogen and oxygen atoms in total. The van der Waals surface area contributed by atoms with E-state index in [0.29, 0.717) is 12.1 Å². The van der Waals surface area contributed by atoms with E-state index in [0.717, 1.165) is 12.0 Å². The number of hydrogen-bond acceptors (Lipinski definition) is 2. The molecule has 3 atom stereocenters. The highest BCUT2D eigenvalue weighted by atomic mass is 15.2.